The average molecular weight is 238 g/mol. The SMILES string of the molecule is O=P(O)(O)C(O)(PO)c1cncnc1. The molecule has 0 fully saturated rings. The summed E-state index contributed by atoms with van der Waals surface area (Å²) in [6.45, 7) is 0. The number of rotatable bonds is 3. The fourth-order valence-corrected chi connectivity index (χ4v) is 2.01. The first-order valence-electron chi connectivity index (χ1n) is 3.36. The van der Waals surface area contributed by atoms with Crippen LogP contribution in [0.3, 0.4) is 0 Å². The van der Waals surface area contributed by atoms with Crippen LogP contribution in [0.1, 0.15) is 5.56 Å². The van der Waals surface area contributed by atoms with E-state index in [0.29, 0.717) is 0 Å². The van der Waals surface area contributed by atoms with Crippen molar-refractivity contribution in [3.8, 4) is 0 Å². The van der Waals surface area contributed by atoms with Crippen LogP contribution in [0.15, 0.2) is 18.7 Å². The summed E-state index contributed by atoms with van der Waals surface area (Å²) in [6, 6.07) is 0. The number of aromatic nitrogens is 2. The van der Waals surface area contributed by atoms with Gasteiger partial charge in [-0.2, -0.15) is 0 Å². The molecule has 0 aliphatic carbocycles. The molecule has 1 rings (SSSR count). The predicted octanol–water partition coefficient (Wildman–Crippen LogP) is -0.657. The molecule has 0 amide bonds. The fraction of sp³-hybridized carbons (Fsp3) is 0.200. The molecule has 1 heterocycles. The summed E-state index contributed by atoms with van der Waals surface area (Å²) in [6.07, 6.45) is 3.22. The lowest BCUT2D eigenvalue weighted by Gasteiger charge is -2.25. The minimum absolute atomic E-state index is 0.214. The summed E-state index contributed by atoms with van der Waals surface area (Å²) in [7, 11) is -6.23. The Labute approximate surface area is 80.9 Å². The van der Waals surface area contributed by atoms with E-state index in [4.69, 9.17) is 14.7 Å². The summed E-state index contributed by atoms with van der Waals surface area (Å²) in [5, 5.41) is 6.94. The van der Waals surface area contributed by atoms with E-state index in [1.165, 1.54) is 0 Å². The first-order valence-corrected chi connectivity index (χ1v) is 5.92. The van der Waals surface area contributed by atoms with Gasteiger partial charge in [0.25, 0.3) is 0 Å². The molecule has 0 spiro atoms. The highest BCUT2D eigenvalue weighted by Crippen LogP contribution is 2.62. The van der Waals surface area contributed by atoms with Crippen molar-refractivity contribution in [2.24, 2.45) is 0 Å². The molecule has 1 aromatic heterocycles. The molecule has 2 atom stereocenters. The van der Waals surface area contributed by atoms with E-state index in [2.05, 4.69) is 9.97 Å². The molecule has 7 nitrogen and oxygen atoms in total. The molecule has 2 unspecified atom stereocenters. The van der Waals surface area contributed by atoms with E-state index in [-0.39, 0.29) is 5.56 Å². The molecule has 0 saturated heterocycles. The van der Waals surface area contributed by atoms with Crippen molar-refractivity contribution in [3.63, 3.8) is 0 Å². The third-order valence-corrected chi connectivity index (χ3v) is 4.42. The molecular weight excluding hydrogens is 230 g/mol. The Kier molecular flexibility index (Phi) is 3.32. The monoisotopic (exact) mass is 238 g/mol. The highest BCUT2D eigenvalue weighted by molar-refractivity contribution is 7.63. The molecule has 1 aromatic rings. The largest absolute Gasteiger partial charge is 0.373 e. The predicted molar refractivity (Wildman–Crippen MR) is 48.5 cm³/mol. The zero-order valence-electron chi connectivity index (χ0n) is 6.77. The van der Waals surface area contributed by atoms with Crippen LogP contribution in [0.5, 0.6) is 0 Å². The van der Waals surface area contributed by atoms with E-state index in [1.54, 1.807) is 0 Å². The highest BCUT2D eigenvalue weighted by atomic mass is 31.2. The molecule has 0 bridgehead atoms. The summed E-state index contributed by atoms with van der Waals surface area (Å²) < 4.78 is 10.9. The molecule has 0 aromatic carbocycles. The van der Waals surface area contributed by atoms with Gasteiger partial charge in [0.1, 0.15) is 6.33 Å². The molecule has 78 valence electrons. The Morgan fingerprint density at radius 1 is 1.36 bits per heavy atom. The second kappa shape index (κ2) is 3.98. The van der Waals surface area contributed by atoms with Crippen molar-refractivity contribution in [1.82, 2.24) is 9.97 Å². The second-order valence-electron chi connectivity index (χ2n) is 2.46. The van der Waals surface area contributed by atoms with Gasteiger partial charge < -0.3 is 19.8 Å². The lowest BCUT2D eigenvalue weighted by atomic mass is 10.4. The standard InChI is InChI=1S/C5H8N2O5P2/c8-5(13-9,14(10,11)12)4-1-6-3-7-2-4/h1-3,8-9,13H,(H2,10,11,12). The van der Waals surface area contributed by atoms with Crippen LogP contribution < -0.4 is 0 Å². The van der Waals surface area contributed by atoms with E-state index in [0.717, 1.165) is 18.7 Å². The topological polar surface area (TPSA) is 124 Å². The highest BCUT2D eigenvalue weighted by Gasteiger charge is 2.47. The molecule has 0 aliphatic heterocycles. The molecule has 0 aliphatic rings. The third-order valence-electron chi connectivity index (χ3n) is 1.54. The molecule has 14 heavy (non-hydrogen) atoms. The van der Waals surface area contributed by atoms with Crippen LogP contribution in [-0.2, 0) is 9.65 Å². The quantitative estimate of drug-likeness (QED) is 0.515. The third kappa shape index (κ3) is 1.98. The zero-order chi connectivity index (χ0) is 10.8. The van der Waals surface area contributed by atoms with E-state index in [1.807, 2.05) is 0 Å². The van der Waals surface area contributed by atoms with Crippen LogP contribution in [0.4, 0.5) is 0 Å². The van der Waals surface area contributed by atoms with E-state index >= 15 is 0 Å². The summed E-state index contributed by atoms with van der Waals surface area (Å²) in [5.74, 6) is 0. The van der Waals surface area contributed by atoms with Gasteiger partial charge in [0, 0.05) is 18.0 Å². The van der Waals surface area contributed by atoms with Gasteiger partial charge in [-0.1, -0.05) is 0 Å². The van der Waals surface area contributed by atoms with Crippen molar-refractivity contribution in [2.75, 3.05) is 0 Å². The number of nitrogens with zero attached hydrogens (tertiary/aromatic N) is 2. The Hall–Kier alpha value is -0.420. The first kappa shape index (κ1) is 11.7. The Morgan fingerprint density at radius 2 is 1.86 bits per heavy atom. The maximum atomic E-state index is 10.9. The molecule has 4 N–H and O–H groups in total. The van der Waals surface area contributed by atoms with Crippen molar-refractivity contribution in [1.29, 1.82) is 0 Å². The Bertz CT molecular complexity index is 354. The van der Waals surface area contributed by atoms with Crippen LogP contribution in [-0.4, -0.2) is 29.8 Å². The van der Waals surface area contributed by atoms with Gasteiger partial charge >= 0.3 is 7.60 Å². The minimum Gasteiger partial charge on any atom is -0.373 e. The summed E-state index contributed by atoms with van der Waals surface area (Å²) in [4.78, 5) is 33.5. The number of aliphatic hydroxyl groups is 1. The van der Waals surface area contributed by atoms with Crippen molar-refractivity contribution < 1.29 is 24.4 Å². The smallest absolute Gasteiger partial charge is 0.368 e. The van der Waals surface area contributed by atoms with Gasteiger partial charge in [0.2, 0.25) is 5.08 Å². The second-order valence-corrected chi connectivity index (χ2v) is 5.56. The van der Waals surface area contributed by atoms with Crippen molar-refractivity contribution >= 4 is 16.4 Å². The van der Waals surface area contributed by atoms with Gasteiger partial charge in [0.15, 0.2) is 0 Å². The summed E-state index contributed by atoms with van der Waals surface area (Å²) in [5.41, 5.74) is -0.214. The average Bonchev–Trinajstić information content (AvgIpc) is 2.16. The van der Waals surface area contributed by atoms with Gasteiger partial charge in [0.05, 0.1) is 8.81 Å². The Morgan fingerprint density at radius 3 is 2.21 bits per heavy atom. The molecule has 9 heteroatoms. The number of hydrogen-bond acceptors (Lipinski definition) is 5. The lowest BCUT2D eigenvalue weighted by molar-refractivity contribution is 0.163. The van der Waals surface area contributed by atoms with Crippen molar-refractivity contribution in [3.05, 3.63) is 24.3 Å². The maximum absolute atomic E-state index is 10.9. The zero-order valence-corrected chi connectivity index (χ0v) is 8.67. The van der Waals surface area contributed by atoms with Crippen LogP contribution in [0, 0.1) is 0 Å². The first-order chi connectivity index (χ1) is 6.42. The van der Waals surface area contributed by atoms with E-state index in [9.17, 15) is 9.67 Å². The molecule has 0 saturated carbocycles. The van der Waals surface area contributed by atoms with Gasteiger partial charge in [-0.15, -0.1) is 0 Å². The van der Waals surface area contributed by atoms with Crippen LogP contribution in [0.25, 0.3) is 0 Å². The van der Waals surface area contributed by atoms with Crippen molar-refractivity contribution in [2.45, 2.75) is 5.08 Å². The van der Waals surface area contributed by atoms with Crippen LogP contribution >= 0.6 is 16.4 Å². The van der Waals surface area contributed by atoms with Crippen LogP contribution in [0.2, 0.25) is 0 Å². The maximum Gasteiger partial charge on any atom is 0.368 e. The van der Waals surface area contributed by atoms with Gasteiger partial charge in [-0.25, -0.2) is 9.97 Å². The van der Waals surface area contributed by atoms with Gasteiger partial charge in [-0.3, -0.25) is 4.57 Å². The summed E-state index contributed by atoms with van der Waals surface area (Å²) >= 11 is 0. The van der Waals surface area contributed by atoms with Gasteiger partial charge in [-0.05, 0) is 0 Å². The Balaban J connectivity index is 3.23. The lowest BCUT2D eigenvalue weighted by Crippen LogP contribution is -2.20. The minimum atomic E-state index is -4.87. The number of hydrogen-bond donors (Lipinski definition) is 4. The molecular formula is C5H8N2O5P2. The normalized spacial score (nSPS) is 17.1. The molecule has 0 radical (unpaired) electrons. The fourth-order valence-electron chi connectivity index (χ4n) is 0.777. The van der Waals surface area contributed by atoms with E-state index < -0.39 is 21.5 Å².